The predicted octanol–water partition coefficient (Wildman–Crippen LogP) is 4.00. The Morgan fingerprint density at radius 3 is 2.96 bits per heavy atom. The molecule has 2 rings (SSSR count). The summed E-state index contributed by atoms with van der Waals surface area (Å²) < 4.78 is 1.28. The Bertz CT molecular complexity index is 609. The monoisotopic (exact) mass is 390 g/mol. The summed E-state index contributed by atoms with van der Waals surface area (Å²) in [5.74, 6) is 0.578. The Morgan fingerprint density at radius 1 is 1.38 bits per heavy atom. The highest BCUT2D eigenvalue weighted by Crippen LogP contribution is 2.31. The highest BCUT2D eigenvalue weighted by Gasteiger charge is 2.11. The Kier molecular flexibility index (Phi) is 7.73. The van der Waals surface area contributed by atoms with Gasteiger partial charge in [0.25, 0.3) is 0 Å². The molecule has 1 unspecified atom stereocenters. The first kappa shape index (κ1) is 18.9. The van der Waals surface area contributed by atoms with Gasteiger partial charge in [0.05, 0.1) is 0 Å². The summed E-state index contributed by atoms with van der Waals surface area (Å²) in [7, 11) is 2.13. The van der Waals surface area contributed by atoms with Crippen LogP contribution in [0.3, 0.4) is 0 Å². The normalized spacial score (nSPS) is 17.4. The van der Waals surface area contributed by atoms with Crippen LogP contribution in [0.4, 0.5) is 0 Å². The number of benzene rings is 1. The van der Waals surface area contributed by atoms with E-state index in [-0.39, 0.29) is 0 Å². The van der Waals surface area contributed by atoms with Gasteiger partial charge in [-0.25, -0.2) is 0 Å². The molecule has 0 fully saturated rings. The van der Waals surface area contributed by atoms with E-state index in [0.717, 1.165) is 45.3 Å². The number of carbonyl (C=O) groups excluding carboxylic acids is 1. The fraction of sp³-hybridized carbons (Fsp3) is 0.450. The quantitative estimate of drug-likeness (QED) is 0.510. The van der Waals surface area contributed by atoms with Crippen LogP contribution in [0.25, 0.3) is 5.57 Å². The average Bonchev–Trinajstić information content (AvgIpc) is 2.56. The minimum absolute atomic E-state index is 0.578. The van der Waals surface area contributed by atoms with E-state index in [1.165, 1.54) is 21.2 Å². The summed E-state index contributed by atoms with van der Waals surface area (Å²) in [6.07, 6.45) is 8.48. The third kappa shape index (κ3) is 6.25. The number of nitrogens with zero attached hydrogens (tertiary/aromatic N) is 1. The standard InChI is InChI=1S/C20H27BrN2O/c1-16-11-19(14-20(21)12-16)18-6-3-5-17(13-18)7-10-23(2)9-4-8-22-15-24/h3,5-6,11,13-16H,4,7-10,12H2,1-2H3,(H,22,24). The number of hydrogen-bond acceptors (Lipinski definition) is 2. The zero-order chi connectivity index (χ0) is 17.4. The number of likely N-dealkylation sites (N-methyl/N-ethyl adjacent to an activating group) is 1. The lowest BCUT2D eigenvalue weighted by atomic mass is 9.92. The number of hydrogen-bond donors (Lipinski definition) is 1. The first-order chi connectivity index (χ1) is 11.6. The fourth-order valence-corrected chi connectivity index (χ4v) is 3.73. The number of amides is 1. The van der Waals surface area contributed by atoms with Crippen LogP contribution in [0.15, 0.2) is 40.9 Å². The summed E-state index contributed by atoms with van der Waals surface area (Å²) in [6.45, 7) is 5.03. The van der Waals surface area contributed by atoms with Crippen LogP contribution in [-0.2, 0) is 11.2 Å². The van der Waals surface area contributed by atoms with Crippen molar-refractivity contribution in [1.82, 2.24) is 10.2 Å². The minimum Gasteiger partial charge on any atom is -0.359 e. The Balaban J connectivity index is 1.90. The molecule has 0 saturated carbocycles. The SMILES string of the molecule is CC1C=C(c2cccc(CCN(C)CCCNC=O)c2)C=C(Br)C1. The van der Waals surface area contributed by atoms with Crippen molar-refractivity contribution in [3.8, 4) is 0 Å². The summed E-state index contributed by atoms with van der Waals surface area (Å²) >= 11 is 3.66. The van der Waals surface area contributed by atoms with E-state index in [1.54, 1.807) is 0 Å². The number of carbonyl (C=O) groups is 1. The molecule has 1 aromatic carbocycles. The van der Waals surface area contributed by atoms with Gasteiger partial charge in [-0.15, -0.1) is 0 Å². The molecule has 1 aliphatic carbocycles. The van der Waals surface area contributed by atoms with Gasteiger partial charge in [-0.2, -0.15) is 0 Å². The zero-order valence-electron chi connectivity index (χ0n) is 14.6. The summed E-state index contributed by atoms with van der Waals surface area (Å²) in [5.41, 5.74) is 3.98. The molecule has 0 saturated heterocycles. The lowest BCUT2D eigenvalue weighted by molar-refractivity contribution is -0.109. The van der Waals surface area contributed by atoms with Gasteiger partial charge in [-0.3, -0.25) is 4.79 Å². The van der Waals surface area contributed by atoms with Crippen LogP contribution < -0.4 is 5.32 Å². The van der Waals surface area contributed by atoms with Crippen LogP contribution in [0.2, 0.25) is 0 Å². The van der Waals surface area contributed by atoms with Crippen molar-refractivity contribution in [3.63, 3.8) is 0 Å². The van der Waals surface area contributed by atoms with Gasteiger partial charge in [0.1, 0.15) is 0 Å². The number of allylic oxidation sites excluding steroid dienone is 4. The molecule has 1 N–H and O–H groups in total. The van der Waals surface area contributed by atoms with Gasteiger partial charge in [-0.1, -0.05) is 53.2 Å². The van der Waals surface area contributed by atoms with E-state index in [4.69, 9.17) is 0 Å². The maximum atomic E-state index is 10.2. The fourth-order valence-electron chi connectivity index (χ4n) is 2.98. The highest BCUT2D eigenvalue weighted by atomic mass is 79.9. The molecule has 1 amide bonds. The second kappa shape index (κ2) is 9.80. The van der Waals surface area contributed by atoms with Crippen LogP contribution in [0.5, 0.6) is 0 Å². The van der Waals surface area contributed by atoms with E-state index in [2.05, 4.69) is 76.5 Å². The average molecular weight is 391 g/mol. The largest absolute Gasteiger partial charge is 0.359 e. The molecule has 1 aliphatic rings. The van der Waals surface area contributed by atoms with Gasteiger partial charge < -0.3 is 10.2 Å². The maximum Gasteiger partial charge on any atom is 0.207 e. The molecular weight excluding hydrogens is 364 g/mol. The number of nitrogens with one attached hydrogen (secondary N) is 1. The van der Waals surface area contributed by atoms with Gasteiger partial charge in [0.2, 0.25) is 6.41 Å². The second-order valence-electron chi connectivity index (χ2n) is 6.57. The van der Waals surface area contributed by atoms with Crippen molar-refractivity contribution >= 4 is 27.9 Å². The minimum atomic E-state index is 0.578. The number of halogens is 1. The smallest absolute Gasteiger partial charge is 0.207 e. The van der Waals surface area contributed by atoms with Crippen molar-refractivity contribution in [1.29, 1.82) is 0 Å². The molecule has 0 aliphatic heterocycles. The van der Waals surface area contributed by atoms with E-state index in [9.17, 15) is 4.79 Å². The van der Waals surface area contributed by atoms with Gasteiger partial charge in [0, 0.05) is 13.1 Å². The summed E-state index contributed by atoms with van der Waals surface area (Å²) in [6, 6.07) is 8.86. The highest BCUT2D eigenvalue weighted by molar-refractivity contribution is 9.11. The molecule has 0 radical (unpaired) electrons. The van der Waals surface area contributed by atoms with Gasteiger partial charge in [-0.05, 0) is 66.0 Å². The zero-order valence-corrected chi connectivity index (χ0v) is 16.2. The predicted molar refractivity (Wildman–Crippen MR) is 105 cm³/mol. The van der Waals surface area contributed by atoms with Crippen LogP contribution in [0, 0.1) is 5.92 Å². The van der Waals surface area contributed by atoms with Gasteiger partial charge in [0.15, 0.2) is 0 Å². The maximum absolute atomic E-state index is 10.2. The van der Waals surface area contributed by atoms with E-state index in [0.29, 0.717) is 5.92 Å². The molecule has 0 aromatic heterocycles. The molecular formula is C20H27BrN2O. The Labute approximate surface area is 153 Å². The molecule has 24 heavy (non-hydrogen) atoms. The van der Waals surface area contributed by atoms with Crippen molar-refractivity contribution in [2.24, 2.45) is 5.92 Å². The molecule has 0 spiro atoms. The van der Waals surface area contributed by atoms with Crippen molar-refractivity contribution in [2.45, 2.75) is 26.2 Å². The number of rotatable bonds is 9. The third-order valence-corrected chi connectivity index (χ3v) is 4.83. The van der Waals surface area contributed by atoms with Crippen LogP contribution in [-0.4, -0.2) is 38.0 Å². The molecule has 4 heteroatoms. The lowest BCUT2D eigenvalue weighted by Crippen LogP contribution is -2.25. The molecule has 0 bridgehead atoms. The second-order valence-corrected chi connectivity index (χ2v) is 7.59. The van der Waals surface area contributed by atoms with Crippen LogP contribution >= 0.6 is 15.9 Å². The lowest BCUT2D eigenvalue weighted by Gasteiger charge is -2.18. The molecule has 1 atom stereocenters. The first-order valence-electron chi connectivity index (χ1n) is 8.61. The molecule has 0 heterocycles. The summed E-state index contributed by atoms with van der Waals surface area (Å²) in [5, 5.41) is 2.71. The third-order valence-electron chi connectivity index (χ3n) is 4.28. The molecule has 1 aromatic rings. The molecule has 130 valence electrons. The topological polar surface area (TPSA) is 32.3 Å². The van der Waals surface area contributed by atoms with E-state index < -0.39 is 0 Å². The first-order valence-corrected chi connectivity index (χ1v) is 9.40. The van der Waals surface area contributed by atoms with E-state index >= 15 is 0 Å². The van der Waals surface area contributed by atoms with Crippen LogP contribution in [0.1, 0.15) is 30.9 Å². The van der Waals surface area contributed by atoms with Crippen molar-refractivity contribution in [2.75, 3.05) is 26.7 Å². The van der Waals surface area contributed by atoms with E-state index in [1.807, 2.05) is 0 Å². The van der Waals surface area contributed by atoms with Gasteiger partial charge >= 0.3 is 0 Å². The van der Waals surface area contributed by atoms with Crippen molar-refractivity contribution in [3.05, 3.63) is 52.0 Å². The Hall–Kier alpha value is -1.39. The van der Waals surface area contributed by atoms with Crippen molar-refractivity contribution < 1.29 is 4.79 Å². The molecule has 3 nitrogen and oxygen atoms in total. The Morgan fingerprint density at radius 2 is 2.21 bits per heavy atom. The summed E-state index contributed by atoms with van der Waals surface area (Å²) in [4.78, 5) is 12.5.